The van der Waals surface area contributed by atoms with Crippen molar-refractivity contribution in [2.75, 3.05) is 5.73 Å². The Bertz CT molecular complexity index is 801. The molecular formula is C15H12N4S. The molecular weight excluding hydrogens is 268 g/mol. The summed E-state index contributed by atoms with van der Waals surface area (Å²) in [5.41, 5.74) is 10.1. The Morgan fingerprint density at radius 1 is 1.25 bits per heavy atom. The summed E-state index contributed by atoms with van der Waals surface area (Å²) < 4.78 is 0. The normalized spacial score (nSPS) is 10.6. The molecule has 0 bridgehead atoms. The molecule has 98 valence electrons. The Labute approximate surface area is 120 Å². The maximum atomic E-state index is 8.88. The van der Waals surface area contributed by atoms with Gasteiger partial charge in [0.2, 0.25) is 0 Å². The van der Waals surface area contributed by atoms with Gasteiger partial charge in [-0.1, -0.05) is 23.9 Å². The fourth-order valence-electron chi connectivity index (χ4n) is 1.95. The molecule has 0 spiro atoms. The minimum absolute atomic E-state index is 0.681. The summed E-state index contributed by atoms with van der Waals surface area (Å²) in [6.45, 7) is 0. The number of rotatable bonds is 3. The molecule has 3 aromatic rings. The van der Waals surface area contributed by atoms with Gasteiger partial charge in [0.1, 0.15) is 0 Å². The molecule has 2 aromatic carbocycles. The second kappa shape index (κ2) is 5.27. The number of imidazole rings is 1. The first-order chi connectivity index (χ1) is 9.74. The lowest BCUT2D eigenvalue weighted by atomic mass is 10.2. The van der Waals surface area contributed by atoms with Crippen molar-refractivity contribution in [3.8, 4) is 6.07 Å². The molecule has 0 aliphatic rings. The lowest BCUT2D eigenvalue weighted by Crippen LogP contribution is -1.83. The van der Waals surface area contributed by atoms with Crippen molar-refractivity contribution in [2.45, 2.75) is 10.9 Å². The van der Waals surface area contributed by atoms with Gasteiger partial charge in [0.25, 0.3) is 0 Å². The summed E-state index contributed by atoms with van der Waals surface area (Å²) in [6.07, 6.45) is 0. The summed E-state index contributed by atoms with van der Waals surface area (Å²) in [5.74, 6) is 0.769. The maximum absolute atomic E-state index is 8.88. The molecule has 0 aliphatic carbocycles. The third-order valence-electron chi connectivity index (χ3n) is 2.92. The number of nitrogens with one attached hydrogen (secondary N) is 1. The van der Waals surface area contributed by atoms with Crippen LogP contribution in [0.15, 0.2) is 47.6 Å². The van der Waals surface area contributed by atoms with Gasteiger partial charge < -0.3 is 10.7 Å². The van der Waals surface area contributed by atoms with Gasteiger partial charge in [0.15, 0.2) is 5.16 Å². The fourth-order valence-corrected chi connectivity index (χ4v) is 2.78. The minimum Gasteiger partial charge on any atom is -0.399 e. The standard InChI is InChI=1S/C15H12N4S/c16-8-10-2-1-3-11(6-10)9-20-15-18-13-5-4-12(17)7-14(13)19-15/h1-7H,9,17H2,(H,18,19). The van der Waals surface area contributed by atoms with Crippen LogP contribution in [0.3, 0.4) is 0 Å². The van der Waals surface area contributed by atoms with E-state index in [0.717, 1.165) is 33.2 Å². The predicted molar refractivity (Wildman–Crippen MR) is 81.2 cm³/mol. The molecule has 0 amide bonds. The molecule has 0 saturated heterocycles. The van der Waals surface area contributed by atoms with E-state index >= 15 is 0 Å². The van der Waals surface area contributed by atoms with Crippen molar-refractivity contribution >= 4 is 28.5 Å². The summed E-state index contributed by atoms with van der Waals surface area (Å²) in [4.78, 5) is 7.74. The molecule has 0 radical (unpaired) electrons. The zero-order valence-electron chi connectivity index (χ0n) is 10.6. The topological polar surface area (TPSA) is 78.5 Å². The zero-order valence-corrected chi connectivity index (χ0v) is 11.4. The number of nitriles is 1. The number of nitrogens with zero attached hydrogens (tertiary/aromatic N) is 2. The van der Waals surface area contributed by atoms with Gasteiger partial charge in [-0.2, -0.15) is 5.26 Å². The van der Waals surface area contributed by atoms with Crippen LogP contribution in [-0.2, 0) is 5.75 Å². The SMILES string of the molecule is N#Cc1cccc(CSc2nc3ccc(N)cc3[nH]2)c1. The first-order valence-electron chi connectivity index (χ1n) is 6.12. The lowest BCUT2D eigenvalue weighted by molar-refractivity contribution is 1.08. The van der Waals surface area contributed by atoms with Crippen LogP contribution < -0.4 is 5.73 Å². The van der Waals surface area contributed by atoms with Gasteiger partial charge in [-0.15, -0.1) is 0 Å². The molecule has 20 heavy (non-hydrogen) atoms. The summed E-state index contributed by atoms with van der Waals surface area (Å²) in [6, 6.07) is 15.4. The van der Waals surface area contributed by atoms with E-state index in [0.29, 0.717) is 5.56 Å². The molecule has 0 aliphatic heterocycles. The smallest absolute Gasteiger partial charge is 0.166 e. The number of aromatic nitrogens is 2. The van der Waals surface area contributed by atoms with E-state index in [4.69, 9.17) is 11.0 Å². The highest BCUT2D eigenvalue weighted by molar-refractivity contribution is 7.98. The second-order valence-electron chi connectivity index (χ2n) is 4.42. The summed E-state index contributed by atoms with van der Waals surface area (Å²) in [5, 5.41) is 9.74. The third-order valence-corrected chi connectivity index (χ3v) is 3.86. The average Bonchev–Trinajstić information content (AvgIpc) is 2.87. The highest BCUT2D eigenvalue weighted by atomic mass is 32.2. The summed E-state index contributed by atoms with van der Waals surface area (Å²) in [7, 11) is 0. The van der Waals surface area contributed by atoms with Crippen LogP contribution in [0.4, 0.5) is 5.69 Å². The molecule has 0 fully saturated rings. The van der Waals surface area contributed by atoms with Crippen LogP contribution in [0, 0.1) is 11.3 Å². The molecule has 0 unspecified atom stereocenters. The number of fused-ring (bicyclic) bond motifs is 1. The number of nitrogens with two attached hydrogens (primary N) is 1. The van der Waals surface area contributed by atoms with Crippen LogP contribution in [-0.4, -0.2) is 9.97 Å². The van der Waals surface area contributed by atoms with Crippen LogP contribution in [0.2, 0.25) is 0 Å². The first-order valence-corrected chi connectivity index (χ1v) is 7.10. The van der Waals surface area contributed by atoms with Gasteiger partial charge in [0.05, 0.1) is 22.7 Å². The van der Waals surface area contributed by atoms with E-state index < -0.39 is 0 Å². The van der Waals surface area contributed by atoms with E-state index in [1.165, 1.54) is 0 Å². The Hall–Kier alpha value is -2.45. The number of nitrogen functional groups attached to an aromatic ring is 1. The van der Waals surface area contributed by atoms with Gasteiger partial charge in [0, 0.05) is 11.4 Å². The molecule has 4 nitrogen and oxygen atoms in total. The third kappa shape index (κ3) is 2.60. The molecule has 3 N–H and O–H groups in total. The first kappa shape index (κ1) is 12.6. The molecule has 1 heterocycles. The quantitative estimate of drug-likeness (QED) is 0.570. The van der Waals surface area contributed by atoms with E-state index in [1.807, 2.05) is 36.4 Å². The van der Waals surface area contributed by atoms with Gasteiger partial charge in [-0.3, -0.25) is 0 Å². The maximum Gasteiger partial charge on any atom is 0.166 e. The number of hydrogen-bond acceptors (Lipinski definition) is 4. The Balaban J connectivity index is 1.78. The van der Waals surface area contributed by atoms with Crippen LogP contribution in [0.5, 0.6) is 0 Å². The number of hydrogen-bond donors (Lipinski definition) is 2. The van der Waals surface area contributed by atoms with Crippen molar-refractivity contribution in [3.63, 3.8) is 0 Å². The van der Waals surface area contributed by atoms with Crippen LogP contribution in [0.25, 0.3) is 11.0 Å². The molecule has 0 atom stereocenters. The van der Waals surface area contributed by atoms with Crippen LogP contribution >= 0.6 is 11.8 Å². The van der Waals surface area contributed by atoms with Crippen molar-refractivity contribution in [3.05, 3.63) is 53.6 Å². The van der Waals surface area contributed by atoms with E-state index in [2.05, 4.69) is 16.0 Å². The van der Waals surface area contributed by atoms with E-state index in [9.17, 15) is 0 Å². The number of benzene rings is 2. The molecule has 5 heteroatoms. The van der Waals surface area contributed by atoms with Gasteiger partial charge >= 0.3 is 0 Å². The van der Waals surface area contributed by atoms with Gasteiger partial charge in [-0.05, 0) is 35.9 Å². The largest absolute Gasteiger partial charge is 0.399 e. The number of thioether (sulfide) groups is 1. The Morgan fingerprint density at radius 2 is 2.15 bits per heavy atom. The van der Waals surface area contributed by atoms with Crippen molar-refractivity contribution in [2.24, 2.45) is 0 Å². The average molecular weight is 280 g/mol. The fraction of sp³-hybridized carbons (Fsp3) is 0.0667. The highest BCUT2D eigenvalue weighted by Gasteiger charge is 2.04. The Kier molecular flexibility index (Phi) is 3.32. The highest BCUT2D eigenvalue weighted by Crippen LogP contribution is 2.24. The van der Waals surface area contributed by atoms with E-state index in [1.54, 1.807) is 17.8 Å². The monoisotopic (exact) mass is 280 g/mol. The van der Waals surface area contributed by atoms with Crippen molar-refractivity contribution in [1.82, 2.24) is 9.97 Å². The molecule has 1 aromatic heterocycles. The zero-order chi connectivity index (χ0) is 13.9. The predicted octanol–water partition coefficient (Wildman–Crippen LogP) is 3.31. The second-order valence-corrected chi connectivity index (χ2v) is 5.38. The Morgan fingerprint density at radius 3 is 3.00 bits per heavy atom. The lowest BCUT2D eigenvalue weighted by Gasteiger charge is -1.99. The number of H-pyrrole nitrogens is 1. The minimum atomic E-state index is 0.681. The van der Waals surface area contributed by atoms with Gasteiger partial charge in [-0.25, -0.2) is 4.98 Å². The molecule has 0 saturated carbocycles. The molecule has 3 rings (SSSR count). The van der Waals surface area contributed by atoms with Crippen molar-refractivity contribution in [1.29, 1.82) is 5.26 Å². The van der Waals surface area contributed by atoms with Crippen molar-refractivity contribution < 1.29 is 0 Å². The number of aromatic amines is 1. The number of anilines is 1. The van der Waals surface area contributed by atoms with E-state index in [-0.39, 0.29) is 0 Å². The van der Waals surface area contributed by atoms with Crippen LogP contribution in [0.1, 0.15) is 11.1 Å². The summed E-state index contributed by atoms with van der Waals surface area (Å²) >= 11 is 1.61.